The Labute approximate surface area is 65.8 Å². The van der Waals surface area contributed by atoms with Gasteiger partial charge in [0.2, 0.25) is 0 Å². The van der Waals surface area contributed by atoms with E-state index in [1.165, 1.54) is 5.17 Å². The molecular weight excluding hydrogens is 231 g/mol. The molecule has 0 rings (SSSR count). The van der Waals surface area contributed by atoms with Crippen LogP contribution in [0.5, 0.6) is 0 Å². The van der Waals surface area contributed by atoms with Crippen LogP contribution in [0.1, 0.15) is 13.8 Å². The second-order valence-corrected chi connectivity index (χ2v) is 5.50. The van der Waals surface area contributed by atoms with E-state index in [1.54, 1.807) is 7.05 Å². The Morgan fingerprint density at radius 3 is 2.22 bits per heavy atom. The SMILES string of the molecule is C=IC(C)(C)ON(C)N. The summed E-state index contributed by atoms with van der Waals surface area (Å²) < 4.78 is 3.68. The molecule has 0 atom stereocenters. The fourth-order valence-electron chi connectivity index (χ4n) is 0.367. The van der Waals surface area contributed by atoms with Crippen LogP contribution in [0.2, 0.25) is 0 Å². The van der Waals surface area contributed by atoms with E-state index in [4.69, 9.17) is 10.7 Å². The Morgan fingerprint density at radius 1 is 1.67 bits per heavy atom. The van der Waals surface area contributed by atoms with Crippen LogP contribution in [0.3, 0.4) is 0 Å². The molecular formula is C5H13IN2O. The van der Waals surface area contributed by atoms with Gasteiger partial charge < -0.3 is 0 Å². The zero-order chi connectivity index (χ0) is 7.49. The lowest BCUT2D eigenvalue weighted by Gasteiger charge is -2.22. The number of nitrogens with zero attached hydrogens (tertiary/aromatic N) is 1. The molecule has 0 amide bonds. The third kappa shape index (κ3) is 4.95. The lowest BCUT2D eigenvalue weighted by Crippen LogP contribution is -2.34. The number of hydrazine groups is 1. The van der Waals surface area contributed by atoms with Gasteiger partial charge in [-0.2, -0.15) is 0 Å². The van der Waals surface area contributed by atoms with E-state index in [9.17, 15) is 0 Å². The van der Waals surface area contributed by atoms with E-state index in [1.807, 2.05) is 13.8 Å². The van der Waals surface area contributed by atoms with Crippen molar-refractivity contribution < 1.29 is 4.84 Å². The van der Waals surface area contributed by atoms with Crippen molar-refractivity contribution >= 4 is 25.2 Å². The minimum atomic E-state index is -0.166. The summed E-state index contributed by atoms with van der Waals surface area (Å²) in [5.41, 5.74) is 0. The molecule has 56 valence electrons. The first-order chi connectivity index (χ1) is 3.98. The zero-order valence-corrected chi connectivity index (χ0v) is 8.18. The summed E-state index contributed by atoms with van der Waals surface area (Å²) in [6.45, 7) is 3.97. The van der Waals surface area contributed by atoms with Crippen LogP contribution in [0, 0.1) is 0 Å². The molecule has 0 aliphatic heterocycles. The van der Waals surface area contributed by atoms with Crippen LogP contribution in [-0.2, 0) is 4.84 Å². The van der Waals surface area contributed by atoms with Gasteiger partial charge in [-0.3, -0.25) is 4.84 Å². The van der Waals surface area contributed by atoms with Crippen molar-refractivity contribution in [3.63, 3.8) is 0 Å². The molecule has 0 aliphatic rings. The lowest BCUT2D eigenvalue weighted by molar-refractivity contribution is -0.179. The highest BCUT2D eigenvalue weighted by Gasteiger charge is 2.15. The first-order valence-corrected chi connectivity index (χ1v) is 5.15. The minimum absolute atomic E-state index is 0.137. The van der Waals surface area contributed by atoms with Crippen molar-refractivity contribution in [1.29, 1.82) is 0 Å². The van der Waals surface area contributed by atoms with Gasteiger partial charge in [0, 0.05) is 7.05 Å². The highest BCUT2D eigenvalue weighted by atomic mass is 127. The molecule has 0 bridgehead atoms. The maximum absolute atomic E-state index is 5.26. The Bertz CT molecular complexity index is 103. The number of rotatable bonds is 3. The van der Waals surface area contributed by atoms with Crippen molar-refractivity contribution in [3.05, 3.63) is 0 Å². The highest BCUT2D eigenvalue weighted by Crippen LogP contribution is 2.22. The number of halogens is 1. The average molecular weight is 244 g/mol. The predicted octanol–water partition coefficient (Wildman–Crippen LogP) is 0.862. The molecule has 0 spiro atoms. The fourth-order valence-corrected chi connectivity index (χ4v) is 0.817. The molecule has 0 fully saturated rings. The second kappa shape index (κ2) is 3.60. The van der Waals surface area contributed by atoms with Gasteiger partial charge in [-0.1, -0.05) is 25.2 Å². The highest BCUT2D eigenvalue weighted by molar-refractivity contribution is 14.2. The second-order valence-electron chi connectivity index (χ2n) is 2.13. The van der Waals surface area contributed by atoms with Gasteiger partial charge in [0.25, 0.3) is 0 Å². The van der Waals surface area contributed by atoms with Crippen LogP contribution in [-0.4, -0.2) is 20.3 Å². The van der Waals surface area contributed by atoms with Crippen LogP contribution in [0.25, 0.3) is 0 Å². The largest absolute Gasteiger partial charge is 0.269 e. The molecule has 0 heterocycles. The van der Waals surface area contributed by atoms with Crippen molar-refractivity contribution in [3.8, 4) is 0 Å². The summed E-state index contributed by atoms with van der Waals surface area (Å²) >= 11 is -0.166. The summed E-state index contributed by atoms with van der Waals surface area (Å²) in [4.78, 5) is 5.18. The summed E-state index contributed by atoms with van der Waals surface area (Å²) in [6, 6.07) is 0. The lowest BCUT2D eigenvalue weighted by atomic mass is 10.5. The molecule has 0 saturated carbocycles. The van der Waals surface area contributed by atoms with E-state index in [2.05, 4.69) is 4.51 Å². The Morgan fingerprint density at radius 2 is 2.11 bits per heavy atom. The van der Waals surface area contributed by atoms with Crippen LogP contribution in [0.4, 0.5) is 0 Å². The van der Waals surface area contributed by atoms with Gasteiger partial charge in [0.05, 0.1) is 0 Å². The average Bonchev–Trinajstić information content (AvgIpc) is 1.63. The fraction of sp³-hybridized carbons (Fsp3) is 0.800. The van der Waals surface area contributed by atoms with E-state index < -0.39 is 0 Å². The molecule has 0 aromatic heterocycles. The number of hydrogen-bond donors (Lipinski definition) is 1. The Hall–Kier alpha value is 0.480. The topological polar surface area (TPSA) is 38.5 Å². The molecule has 0 aromatic carbocycles. The first-order valence-electron chi connectivity index (χ1n) is 2.55. The summed E-state index contributed by atoms with van der Waals surface area (Å²) in [7, 11) is 1.67. The molecule has 0 radical (unpaired) electrons. The summed E-state index contributed by atoms with van der Waals surface area (Å²) in [5.74, 6) is 5.26. The van der Waals surface area contributed by atoms with Crippen LogP contribution < -0.4 is 5.84 Å². The predicted molar refractivity (Wildman–Crippen MR) is 48.3 cm³/mol. The Balaban J connectivity index is 3.71. The van der Waals surface area contributed by atoms with E-state index in [0.29, 0.717) is 0 Å². The van der Waals surface area contributed by atoms with E-state index in [-0.39, 0.29) is 24.3 Å². The molecule has 4 heteroatoms. The van der Waals surface area contributed by atoms with Gasteiger partial charge in [0.1, 0.15) is 3.61 Å². The monoisotopic (exact) mass is 244 g/mol. The van der Waals surface area contributed by atoms with E-state index in [0.717, 1.165) is 0 Å². The zero-order valence-electron chi connectivity index (χ0n) is 6.02. The normalized spacial score (nSPS) is 12.6. The Kier molecular flexibility index (Phi) is 3.79. The number of nitrogens with two attached hydrogens (primary N) is 1. The van der Waals surface area contributed by atoms with E-state index >= 15 is 0 Å². The first kappa shape index (κ1) is 9.48. The number of hydrogen-bond acceptors (Lipinski definition) is 3. The molecule has 9 heavy (non-hydrogen) atoms. The van der Waals surface area contributed by atoms with Crippen LogP contribution in [0.15, 0.2) is 0 Å². The molecule has 0 aromatic rings. The van der Waals surface area contributed by atoms with Crippen LogP contribution >= 0.6 is 20.7 Å². The minimum Gasteiger partial charge on any atom is -0.269 e. The molecule has 3 nitrogen and oxygen atoms in total. The molecule has 2 N–H and O–H groups in total. The standard InChI is InChI=1S/C5H13IN2O/c1-5(2,6-3)9-8(4)7/h3,7H2,1-2,4H3. The van der Waals surface area contributed by atoms with Crippen molar-refractivity contribution in [2.75, 3.05) is 7.05 Å². The van der Waals surface area contributed by atoms with Crippen molar-refractivity contribution in [2.24, 2.45) is 5.84 Å². The van der Waals surface area contributed by atoms with Gasteiger partial charge in [-0.25, -0.2) is 5.84 Å². The number of hydroxylamine groups is 1. The van der Waals surface area contributed by atoms with Gasteiger partial charge in [-0.05, 0) is 13.8 Å². The third-order valence-electron chi connectivity index (χ3n) is 0.683. The molecule has 0 aliphatic carbocycles. The maximum Gasteiger partial charge on any atom is 0.131 e. The van der Waals surface area contributed by atoms with Gasteiger partial charge >= 0.3 is 0 Å². The maximum atomic E-state index is 5.26. The summed E-state index contributed by atoms with van der Waals surface area (Å²) in [6.07, 6.45) is 0. The van der Waals surface area contributed by atoms with Gasteiger partial charge in [-0.15, -0.1) is 5.17 Å². The number of alkyl halides is 1. The van der Waals surface area contributed by atoms with Crippen molar-refractivity contribution in [2.45, 2.75) is 17.5 Å². The summed E-state index contributed by atoms with van der Waals surface area (Å²) in [5, 5.41) is 1.23. The third-order valence-corrected chi connectivity index (χ3v) is 2.72. The van der Waals surface area contributed by atoms with Crippen molar-refractivity contribution in [1.82, 2.24) is 5.17 Å². The molecule has 0 unspecified atom stereocenters. The quantitative estimate of drug-likeness (QED) is 0.346. The smallest absolute Gasteiger partial charge is 0.131 e. The van der Waals surface area contributed by atoms with Gasteiger partial charge in [0.15, 0.2) is 0 Å². The molecule has 0 saturated heterocycles.